The van der Waals surface area contributed by atoms with Crippen molar-refractivity contribution < 1.29 is 4.39 Å². The zero-order valence-corrected chi connectivity index (χ0v) is 11.1. The zero-order chi connectivity index (χ0) is 13.2. The van der Waals surface area contributed by atoms with E-state index < -0.39 is 0 Å². The van der Waals surface area contributed by atoms with E-state index in [1.54, 1.807) is 23.5 Å². The van der Waals surface area contributed by atoms with Gasteiger partial charge in [-0.05, 0) is 35.4 Å². The van der Waals surface area contributed by atoms with Gasteiger partial charge in [-0.3, -0.25) is 0 Å². The molecule has 0 fully saturated rings. The number of aromatic nitrogens is 1. The summed E-state index contributed by atoms with van der Waals surface area (Å²) in [6, 6.07) is 12.8. The number of halogens is 1. The summed E-state index contributed by atoms with van der Waals surface area (Å²) in [6.45, 7) is 0.417. The quantitative estimate of drug-likeness (QED) is 0.792. The molecular weight excluding hydrogens is 259 g/mol. The van der Waals surface area contributed by atoms with Gasteiger partial charge in [0.05, 0.1) is 15.2 Å². The second kappa shape index (κ2) is 5.07. The van der Waals surface area contributed by atoms with Crippen molar-refractivity contribution in [2.45, 2.75) is 13.0 Å². The SMILES string of the molecule is NCc1ccc(F)cc1Cc1nc2ccccc2s1. The lowest BCUT2D eigenvalue weighted by molar-refractivity contribution is 0.625. The lowest BCUT2D eigenvalue weighted by Gasteiger charge is -2.05. The van der Waals surface area contributed by atoms with Gasteiger partial charge in [-0.2, -0.15) is 0 Å². The van der Waals surface area contributed by atoms with E-state index in [1.165, 1.54) is 6.07 Å². The van der Waals surface area contributed by atoms with Gasteiger partial charge >= 0.3 is 0 Å². The van der Waals surface area contributed by atoms with E-state index in [4.69, 9.17) is 5.73 Å². The molecule has 0 spiro atoms. The minimum Gasteiger partial charge on any atom is -0.326 e. The van der Waals surface area contributed by atoms with Gasteiger partial charge in [0.1, 0.15) is 5.82 Å². The molecule has 0 aliphatic heterocycles. The van der Waals surface area contributed by atoms with Gasteiger partial charge in [-0.15, -0.1) is 11.3 Å². The third-order valence-electron chi connectivity index (χ3n) is 3.07. The minimum atomic E-state index is -0.228. The molecule has 0 atom stereocenters. The fraction of sp³-hybridized carbons (Fsp3) is 0.133. The molecule has 3 rings (SSSR count). The monoisotopic (exact) mass is 272 g/mol. The van der Waals surface area contributed by atoms with Crippen molar-refractivity contribution in [3.8, 4) is 0 Å². The maximum absolute atomic E-state index is 13.3. The molecule has 0 saturated heterocycles. The van der Waals surface area contributed by atoms with Crippen LogP contribution in [0.4, 0.5) is 4.39 Å². The fourth-order valence-corrected chi connectivity index (χ4v) is 3.11. The second-order valence-corrected chi connectivity index (χ2v) is 5.48. The fourth-order valence-electron chi connectivity index (χ4n) is 2.12. The van der Waals surface area contributed by atoms with Gasteiger partial charge in [0.2, 0.25) is 0 Å². The summed E-state index contributed by atoms with van der Waals surface area (Å²) in [4.78, 5) is 4.57. The Morgan fingerprint density at radius 1 is 1.11 bits per heavy atom. The first kappa shape index (κ1) is 12.3. The van der Waals surface area contributed by atoms with E-state index in [-0.39, 0.29) is 5.82 Å². The van der Waals surface area contributed by atoms with Crippen LogP contribution >= 0.6 is 11.3 Å². The molecule has 96 valence electrons. The summed E-state index contributed by atoms with van der Waals surface area (Å²) in [5.74, 6) is -0.228. The molecule has 0 radical (unpaired) electrons. The highest BCUT2D eigenvalue weighted by Crippen LogP contribution is 2.24. The number of fused-ring (bicyclic) bond motifs is 1. The third kappa shape index (κ3) is 2.50. The highest BCUT2D eigenvalue weighted by molar-refractivity contribution is 7.18. The van der Waals surface area contributed by atoms with Crippen LogP contribution in [0.2, 0.25) is 0 Å². The maximum Gasteiger partial charge on any atom is 0.123 e. The Kier molecular flexibility index (Phi) is 3.27. The average molecular weight is 272 g/mol. The molecule has 2 aromatic carbocycles. The Hall–Kier alpha value is -1.78. The van der Waals surface area contributed by atoms with Crippen LogP contribution in [0, 0.1) is 5.82 Å². The highest BCUT2D eigenvalue weighted by atomic mass is 32.1. The van der Waals surface area contributed by atoms with Crippen molar-refractivity contribution in [3.05, 3.63) is 64.4 Å². The molecule has 19 heavy (non-hydrogen) atoms. The second-order valence-electron chi connectivity index (χ2n) is 4.37. The number of hydrogen-bond acceptors (Lipinski definition) is 3. The third-order valence-corrected chi connectivity index (χ3v) is 4.10. The summed E-state index contributed by atoms with van der Waals surface area (Å²) in [5.41, 5.74) is 8.57. The number of benzene rings is 2. The summed E-state index contributed by atoms with van der Waals surface area (Å²) >= 11 is 1.64. The van der Waals surface area contributed by atoms with Crippen molar-refractivity contribution >= 4 is 21.6 Å². The Bertz CT molecular complexity index is 688. The highest BCUT2D eigenvalue weighted by Gasteiger charge is 2.08. The van der Waals surface area contributed by atoms with Gasteiger partial charge in [0.15, 0.2) is 0 Å². The Morgan fingerprint density at radius 3 is 2.74 bits per heavy atom. The molecule has 0 unspecified atom stereocenters. The molecule has 2 N–H and O–H groups in total. The van der Waals surface area contributed by atoms with Gasteiger partial charge in [-0.25, -0.2) is 9.37 Å². The lowest BCUT2D eigenvalue weighted by Crippen LogP contribution is -2.02. The largest absolute Gasteiger partial charge is 0.326 e. The molecule has 1 aromatic heterocycles. The van der Waals surface area contributed by atoms with E-state index in [1.807, 2.05) is 24.3 Å². The molecule has 0 aliphatic rings. The molecule has 0 saturated carbocycles. The van der Waals surface area contributed by atoms with Crippen molar-refractivity contribution in [1.82, 2.24) is 4.98 Å². The summed E-state index contributed by atoms with van der Waals surface area (Å²) < 4.78 is 14.5. The predicted octanol–water partition coefficient (Wildman–Crippen LogP) is 3.48. The lowest BCUT2D eigenvalue weighted by atomic mass is 10.0. The van der Waals surface area contributed by atoms with Crippen LogP contribution in [0.25, 0.3) is 10.2 Å². The van der Waals surface area contributed by atoms with E-state index in [9.17, 15) is 4.39 Å². The van der Waals surface area contributed by atoms with Crippen LogP contribution in [0.3, 0.4) is 0 Å². The van der Waals surface area contributed by atoms with Crippen LogP contribution in [0.15, 0.2) is 42.5 Å². The number of rotatable bonds is 3. The number of hydrogen-bond donors (Lipinski definition) is 1. The molecule has 0 amide bonds. The number of nitrogens with zero attached hydrogens (tertiary/aromatic N) is 1. The first-order valence-electron chi connectivity index (χ1n) is 6.08. The molecule has 0 bridgehead atoms. The normalized spacial score (nSPS) is 11.1. The first-order valence-corrected chi connectivity index (χ1v) is 6.90. The van der Waals surface area contributed by atoms with Crippen molar-refractivity contribution in [3.63, 3.8) is 0 Å². The minimum absolute atomic E-state index is 0.228. The van der Waals surface area contributed by atoms with Crippen LogP contribution in [0.5, 0.6) is 0 Å². The van der Waals surface area contributed by atoms with E-state index in [0.717, 1.165) is 26.4 Å². The van der Waals surface area contributed by atoms with Gasteiger partial charge in [-0.1, -0.05) is 18.2 Å². The van der Waals surface area contributed by atoms with E-state index in [0.29, 0.717) is 13.0 Å². The van der Waals surface area contributed by atoms with Crippen molar-refractivity contribution in [1.29, 1.82) is 0 Å². The molecular formula is C15H13FN2S. The molecule has 4 heteroatoms. The van der Waals surface area contributed by atoms with Gasteiger partial charge in [0, 0.05) is 13.0 Å². The van der Waals surface area contributed by atoms with Gasteiger partial charge < -0.3 is 5.73 Å². The first-order chi connectivity index (χ1) is 9.26. The number of para-hydroxylation sites is 1. The number of nitrogens with two attached hydrogens (primary N) is 1. The number of thiazole rings is 1. The summed E-state index contributed by atoms with van der Waals surface area (Å²) in [7, 11) is 0. The van der Waals surface area contributed by atoms with Crippen molar-refractivity contribution in [2.24, 2.45) is 5.73 Å². The average Bonchev–Trinajstić information content (AvgIpc) is 2.81. The van der Waals surface area contributed by atoms with Gasteiger partial charge in [0.25, 0.3) is 0 Å². The van der Waals surface area contributed by atoms with Crippen LogP contribution in [-0.4, -0.2) is 4.98 Å². The summed E-state index contributed by atoms with van der Waals surface area (Å²) in [6.07, 6.45) is 0.629. The van der Waals surface area contributed by atoms with Crippen LogP contribution < -0.4 is 5.73 Å². The Balaban J connectivity index is 1.98. The topological polar surface area (TPSA) is 38.9 Å². The Morgan fingerprint density at radius 2 is 1.95 bits per heavy atom. The maximum atomic E-state index is 13.3. The summed E-state index contributed by atoms with van der Waals surface area (Å²) in [5, 5.41) is 0.988. The van der Waals surface area contributed by atoms with Crippen molar-refractivity contribution in [2.75, 3.05) is 0 Å². The van der Waals surface area contributed by atoms with Crippen LogP contribution in [-0.2, 0) is 13.0 Å². The molecule has 3 aromatic rings. The van der Waals surface area contributed by atoms with E-state index in [2.05, 4.69) is 4.98 Å². The van der Waals surface area contributed by atoms with E-state index >= 15 is 0 Å². The smallest absolute Gasteiger partial charge is 0.123 e. The zero-order valence-electron chi connectivity index (χ0n) is 10.3. The predicted molar refractivity (Wildman–Crippen MR) is 76.7 cm³/mol. The van der Waals surface area contributed by atoms with Crippen LogP contribution in [0.1, 0.15) is 16.1 Å². The molecule has 0 aliphatic carbocycles. The molecule has 1 heterocycles. The standard InChI is InChI=1S/C15H13FN2S/c16-12-6-5-10(9-17)11(7-12)8-15-18-13-3-1-2-4-14(13)19-15/h1-7H,8-9,17H2. The Labute approximate surface area is 114 Å². The molecule has 2 nitrogen and oxygen atoms in total.